The van der Waals surface area contributed by atoms with Gasteiger partial charge in [-0.15, -0.1) is 0 Å². The van der Waals surface area contributed by atoms with E-state index < -0.39 is 0 Å². The van der Waals surface area contributed by atoms with Crippen LogP contribution in [0.5, 0.6) is 11.5 Å². The first-order valence-electron chi connectivity index (χ1n) is 5.08. The van der Waals surface area contributed by atoms with Crippen LogP contribution in [-0.4, -0.2) is 19.2 Å². The van der Waals surface area contributed by atoms with Crippen LogP contribution >= 0.6 is 11.6 Å². The van der Waals surface area contributed by atoms with Crippen LogP contribution in [0.3, 0.4) is 0 Å². The Bertz CT molecular complexity index is 511. The molecule has 0 N–H and O–H groups in total. The monoisotopic (exact) mass is 249 g/mol. The molecule has 3 nitrogen and oxygen atoms in total. The van der Waals surface area contributed by atoms with Crippen LogP contribution in [0.1, 0.15) is 0 Å². The summed E-state index contributed by atoms with van der Waals surface area (Å²) in [6.45, 7) is 0. The third-order valence-corrected chi connectivity index (χ3v) is 2.67. The summed E-state index contributed by atoms with van der Waals surface area (Å²) in [6.07, 6.45) is 1.73. The predicted molar refractivity (Wildman–Crippen MR) is 67.8 cm³/mol. The molecule has 0 saturated heterocycles. The molecule has 0 aliphatic rings. The third-order valence-electron chi connectivity index (χ3n) is 2.44. The van der Waals surface area contributed by atoms with Gasteiger partial charge in [-0.25, -0.2) is 4.98 Å². The molecule has 0 unspecified atom stereocenters. The Kier molecular flexibility index (Phi) is 3.49. The molecule has 0 aliphatic heterocycles. The van der Waals surface area contributed by atoms with Gasteiger partial charge < -0.3 is 9.47 Å². The average molecular weight is 250 g/mol. The molecule has 2 aromatic rings. The van der Waals surface area contributed by atoms with E-state index in [4.69, 9.17) is 21.1 Å². The summed E-state index contributed by atoms with van der Waals surface area (Å²) in [5.41, 5.74) is 1.99. The molecule has 2 rings (SSSR count). The van der Waals surface area contributed by atoms with Crippen LogP contribution in [0, 0.1) is 0 Å². The minimum Gasteiger partial charge on any atom is -0.493 e. The van der Waals surface area contributed by atoms with Gasteiger partial charge in [-0.2, -0.15) is 0 Å². The third kappa shape index (κ3) is 2.50. The molecule has 4 heteroatoms. The van der Waals surface area contributed by atoms with E-state index in [-0.39, 0.29) is 0 Å². The van der Waals surface area contributed by atoms with Crippen molar-refractivity contribution in [3.05, 3.63) is 41.7 Å². The summed E-state index contributed by atoms with van der Waals surface area (Å²) in [6, 6.07) is 9.39. The lowest BCUT2D eigenvalue weighted by molar-refractivity contribution is 0.355. The van der Waals surface area contributed by atoms with Crippen molar-refractivity contribution in [3.63, 3.8) is 0 Å². The normalized spacial score (nSPS) is 10.1. The van der Waals surface area contributed by atoms with Gasteiger partial charge in [0.15, 0.2) is 11.5 Å². The van der Waals surface area contributed by atoms with Crippen molar-refractivity contribution < 1.29 is 9.47 Å². The number of ether oxygens (including phenoxy) is 2. The Morgan fingerprint density at radius 3 is 2.24 bits per heavy atom. The van der Waals surface area contributed by atoms with E-state index in [0.29, 0.717) is 16.7 Å². The van der Waals surface area contributed by atoms with Crippen molar-refractivity contribution in [1.29, 1.82) is 0 Å². The zero-order valence-corrected chi connectivity index (χ0v) is 10.4. The van der Waals surface area contributed by atoms with E-state index in [1.165, 1.54) is 0 Å². The minimum atomic E-state index is 0.481. The quantitative estimate of drug-likeness (QED) is 0.781. The molecule has 1 heterocycles. The number of hydrogen-bond donors (Lipinski definition) is 0. The first-order chi connectivity index (χ1) is 8.24. The number of benzene rings is 1. The van der Waals surface area contributed by atoms with Gasteiger partial charge in [0.05, 0.1) is 14.2 Å². The Balaban J connectivity index is 2.42. The maximum atomic E-state index is 5.75. The molecule has 88 valence electrons. The fraction of sp³-hybridized carbons (Fsp3) is 0.154. The van der Waals surface area contributed by atoms with Crippen LogP contribution in [0.15, 0.2) is 36.5 Å². The molecule has 0 spiro atoms. The highest BCUT2D eigenvalue weighted by Gasteiger charge is 2.06. The van der Waals surface area contributed by atoms with E-state index in [1.54, 1.807) is 26.5 Å². The summed E-state index contributed by atoms with van der Waals surface area (Å²) in [5.74, 6) is 1.40. The van der Waals surface area contributed by atoms with Crippen molar-refractivity contribution >= 4 is 11.6 Å². The van der Waals surface area contributed by atoms with Crippen molar-refractivity contribution in [3.8, 4) is 22.6 Å². The summed E-state index contributed by atoms with van der Waals surface area (Å²) in [4.78, 5) is 4.05. The molecule has 1 aromatic heterocycles. The summed E-state index contributed by atoms with van der Waals surface area (Å²) < 4.78 is 10.4. The molecule has 0 atom stereocenters. The second kappa shape index (κ2) is 5.06. The molecule has 0 bridgehead atoms. The van der Waals surface area contributed by atoms with Crippen molar-refractivity contribution in [2.24, 2.45) is 0 Å². The number of hydrogen-bond acceptors (Lipinski definition) is 3. The molecule has 17 heavy (non-hydrogen) atoms. The smallest absolute Gasteiger partial charge is 0.161 e. The number of aromatic nitrogens is 1. The van der Waals surface area contributed by atoms with Crippen molar-refractivity contribution in [1.82, 2.24) is 4.98 Å². The molecule has 0 radical (unpaired) electrons. The number of pyridine rings is 1. The lowest BCUT2D eigenvalue weighted by atomic mass is 10.1. The maximum absolute atomic E-state index is 5.75. The van der Waals surface area contributed by atoms with Crippen LogP contribution in [0.4, 0.5) is 0 Å². The number of nitrogens with zero attached hydrogens (tertiary/aromatic N) is 1. The number of rotatable bonds is 3. The van der Waals surface area contributed by atoms with Crippen LogP contribution in [0.25, 0.3) is 11.1 Å². The van der Waals surface area contributed by atoms with E-state index in [0.717, 1.165) is 11.1 Å². The Labute approximate surface area is 105 Å². The maximum Gasteiger partial charge on any atom is 0.161 e. The van der Waals surface area contributed by atoms with Gasteiger partial charge in [0.25, 0.3) is 0 Å². The predicted octanol–water partition coefficient (Wildman–Crippen LogP) is 3.42. The standard InChI is InChI=1S/C13H12ClNO2/c1-16-11-5-3-9(7-12(11)17-2)10-4-6-13(14)15-8-10/h3-8H,1-2H3. The Morgan fingerprint density at radius 1 is 0.941 bits per heavy atom. The van der Waals surface area contributed by atoms with Gasteiger partial charge in [-0.3, -0.25) is 0 Å². The van der Waals surface area contributed by atoms with Gasteiger partial charge in [-0.1, -0.05) is 17.7 Å². The second-order valence-corrected chi connectivity index (χ2v) is 3.83. The zero-order chi connectivity index (χ0) is 12.3. The highest BCUT2D eigenvalue weighted by atomic mass is 35.5. The van der Waals surface area contributed by atoms with Gasteiger partial charge in [0, 0.05) is 11.8 Å². The molecule has 0 saturated carbocycles. The highest BCUT2D eigenvalue weighted by molar-refractivity contribution is 6.29. The Hall–Kier alpha value is -1.74. The highest BCUT2D eigenvalue weighted by Crippen LogP contribution is 2.32. The zero-order valence-electron chi connectivity index (χ0n) is 9.61. The van der Waals surface area contributed by atoms with E-state index in [9.17, 15) is 0 Å². The van der Waals surface area contributed by atoms with Crippen molar-refractivity contribution in [2.45, 2.75) is 0 Å². The first-order valence-corrected chi connectivity index (χ1v) is 5.46. The topological polar surface area (TPSA) is 31.4 Å². The molecule has 0 amide bonds. The molecule has 0 fully saturated rings. The van der Waals surface area contributed by atoms with Gasteiger partial charge in [0.2, 0.25) is 0 Å². The van der Waals surface area contributed by atoms with E-state index >= 15 is 0 Å². The average Bonchev–Trinajstić information content (AvgIpc) is 2.39. The van der Waals surface area contributed by atoms with Crippen LogP contribution in [-0.2, 0) is 0 Å². The number of methoxy groups -OCH3 is 2. The van der Waals surface area contributed by atoms with Gasteiger partial charge in [0.1, 0.15) is 5.15 Å². The minimum absolute atomic E-state index is 0.481. The van der Waals surface area contributed by atoms with Gasteiger partial charge >= 0.3 is 0 Å². The van der Waals surface area contributed by atoms with Gasteiger partial charge in [-0.05, 0) is 29.8 Å². The summed E-state index contributed by atoms with van der Waals surface area (Å²) in [7, 11) is 3.23. The molecule has 0 aliphatic carbocycles. The molecular weight excluding hydrogens is 238 g/mol. The Morgan fingerprint density at radius 2 is 1.65 bits per heavy atom. The molecule has 1 aromatic carbocycles. The fourth-order valence-corrected chi connectivity index (χ4v) is 1.67. The summed E-state index contributed by atoms with van der Waals surface area (Å²) in [5, 5.41) is 0.481. The number of halogens is 1. The largest absolute Gasteiger partial charge is 0.493 e. The lowest BCUT2D eigenvalue weighted by Gasteiger charge is -2.09. The lowest BCUT2D eigenvalue weighted by Crippen LogP contribution is -1.91. The SMILES string of the molecule is COc1ccc(-c2ccc(Cl)nc2)cc1OC. The van der Waals surface area contributed by atoms with Crippen molar-refractivity contribution in [2.75, 3.05) is 14.2 Å². The van der Waals surface area contributed by atoms with Crippen LogP contribution < -0.4 is 9.47 Å². The van der Waals surface area contributed by atoms with Crippen LogP contribution in [0.2, 0.25) is 5.15 Å². The fourth-order valence-electron chi connectivity index (χ4n) is 1.56. The van der Waals surface area contributed by atoms with E-state index in [1.807, 2.05) is 24.3 Å². The second-order valence-electron chi connectivity index (χ2n) is 3.44. The molecular formula is C13H12ClNO2. The van der Waals surface area contributed by atoms with E-state index in [2.05, 4.69) is 4.98 Å². The summed E-state index contributed by atoms with van der Waals surface area (Å²) >= 11 is 5.75. The first kappa shape index (κ1) is 11.7.